The Morgan fingerprint density at radius 1 is 1.71 bits per heavy atom. The zero-order valence-electron chi connectivity index (χ0n) is 8.19. The van der Waals surface area contributed by atoms with Gasteiger partial charge in [0.05, 0.1) is 6.20 Å². The van der Waals surface area contributed by atoms with E-state index in [0.29, 0.717) is 10.8 Å². The molecule has 78 valence electrons. The molecule has 5 heteroatoms. The molecule has 0 aliphatic heterocycles. The Morgan fingerprint density at radius 2 is 2.43 bits per heavy atom. The molecular formula is C9H13NO2S2. The minimum Gasteiger partial charge on any atom is -0.477 e. The zero-order valence-corrected chi connectivity index (χ0v) is 9.82. The fourth-order valence-corrected chi connectivity index (χ4v) is 2.73. The van der Waals surface area contributed by atoms with E-state index in [1.165, 1.54) is 17.5 Å². The van der Waals surface area contributed by atoms with Gasteiger partial charge in [0.1, 0.15) is 9.88 Å². The molecule has 0 saturated heterocycles. The van der Waals surface area contributed by atoms with E-state index in [1.807, 2.05) is 0 Å². The van der Waals surface area contributed by atoms with Crippen molar-refractivity contribution in [2.24, 2.45) is 5.92 Å². The Bertz CT molecular complexity index is 310. The van der Waals surface area contributed by atoms with Crippen LogP contribution in [0.5, 0.6) is 0 Å². The van der Waals surface area contributed by atoms with E-state index in [-0.39, 0.29) is 0 Å². The lowest BCUT2D eigenvalue weighted by molar-refractivity contribution is 0.0702. The van der Waals surface area contributed by atoms with Crippen LogP contribution in [0.2, 0.25) is 0 Å². The molecule has 0 amide bonds. The molecule has 1 rings (SSSR count). The van der Waals surface area contributed by atoms with Gasteiger partial charge >= 0.3 is 5.97 Å². The van der Waals surface area contributed by atoms with E-state index in [2.05, 4.69) is 18.8 Å². The number of thiazole rings is 1. The van der Waals surface area contributed by atoms with Gasteiger partial charge < -0.3 is 5.11 Å². The van der Waals surface area contributed by atoms with Gasteiger partial charge in [-0.1, -0.05) is 13.8 Å². The van der Waals surface area contributed by atoms with Gasteiger partial charge in [-0.3, -0.25) is 0 Å². The Hall–Kier alpha value is -0.550. The first-order chi connectivity index (χ1) is 6.59. The number of nitrogens with zero attached hydrogens (tertiary/aromatic N) is 1. The first-order valence-electron chi connectivity index (χ1n) is 4.35. The summed E-state index contributed by atoms with van der Waals surface area (Å²) in [6.07, 6.45) is 1.43. The quantitative estimate of drug-likeness (QED) is 0.846. The molecule has 3 nitrogen and oxygen atoms in total. The van der Waals surface area contributed by atoms with Gasteiger partial charge in [-0.15, -0.1) is 11.3 Å². The van der Waals surface area contributed by atoms with Crippen molar-refractivity contribution in [2.75, 3.05) is 5.75 Å². The van der Waals surface area contributed by atoms with Crippen molar-refractivity contribution >= 4 is 29.1 Å². The van der Waals surface area contributed by atoms with E-state index in [9.17, 15) is 4.79 Å². The Kier molecular flexibility index (Phi) is 4.41. The molecule has 0 bridgehead atoms. The fourth-order valence-electron chi connectivity index (χ4n) is 0.858. The molecule has 0 spiro atoms. The van der Waals surface area contributed by atoms with E-state index in [4.69, 9.17) is 5.11 Å². The second kappa shape index (κ2) is 5.36. The number of aromatic carboxylic acids is 1. The molecule has 0 atom stereocenters. The van der Waals surface area contributed by atoms with Gasteiger partial charge in [0.2, 0.25) is 0 Å². The van der Waals surface area contributed by atoms with Crippen LogP contribution in [0.25, 0.3) is 0 Å². The van der Waals surface area contributed by atoms with Crippen molar-refractivity contribution in [3.05, 3.63) is 16.1 Å². The van der Waals surface area contributed by atoms with Gasteiger partial charge in [-0.25, -0.2) is 9.78 Å². The summed E-state index contributed by atoms with van der Waals surface area (Å²) in [7, 11) is 0. The van der Waals surface area contributed by atoms with Crippen molar-refractivity contribution in [3.63, 3.8) is 0 Å². The summed E-state index contributed by atoms with van der Waals surface area (Å²) in [5.74, 6) is 1.68. The van der Waals surface area contributed by atoms with Gasteiger partial charge in [0, 0.05) is 5.75 Å². The van der Waals surface area contributed by atoms with Crippen LogP contribution in [0, 0.1) is 5.92 Å². The van der Waals surface area contributed by atoms with Gasteiger partial charge in [-0.2, -0.15) is 11.8 Å². The predicted molar refractivity (Wildman–Crippen MR) is 60.1 cm³/mol. The summed E-state index contributed by atoms with van der Waals surface area (Å²) in [5.41, 5.74) is 0. The van der Waals surface area contributed by atoms with Crippen LogP contribution in [0.15, 0.2) is 6.20 Å². The smallest absolute Gasteiger partial charge is 0.347 e. The minimum absolute atomic E-state index is 0.324. The lowest BCUT2D eigenvalue weighted by atomic mass is 10.3. The summed E-state index contributed by atoms with van der Waals surface area (Å²) in [6.45, 7) is 4.33. The van der Waals surface area contributed by atoms with Crippen molar-refractivity contribution in [3.8, 4) is 0 Å². The molecule has 0 radical (unpaired) electrons. The summed E-state index contributed by atoms with van der Waals surface area (Å²) in [6, 6.07) is 0. The van der Waals surface area contributed by atoms with Crippen LogP contribution in [-0.2, 0) is 5.75 Å². The maximum atomic E-state index is 10.6. The molecule has 0 aliphatic carbocycles. The second-order valence-electron chi connectivity index (χ2n) is 3.33. The first kappa shape index (κ1) is 11.5. The van der Waals surface area contributed by atoms with E-state index in [1.54, 1.807) is 11.8 Å². The third kappa shape index (κ3) is 3.67. The lowest BCUT2D eigenvalue weighted by Gasteiger charge is -2.01. The molecule has 0 fully saturated rings. The van der Waals surface area contributed by atoms with Crippen molar-refractivity contribution in [1.82, 2.24) is 4.98 Å². The number of carboxylic acid groups (broad SMARTS) is 1. The number of carbonyl (C=O) groups is 1. The van der Waals surface area contributed by atoms with Crippen LogP contribution in [0.3, 0.4) is 0 Å². The SMILES string of the molecule is CC(C)CSCc1ncc(C(=O)O)s1. The topological polar surface area (TPSA) is 50.2 Å². The highest BCUT2D eigenvalue weighted by atomic mass is 32.2. The first-order valence-corrected chi connectivity index (χ1v) is 6.32. The van der Waals surface area contributed by atoms with Crippen molar-refractivity contribution in [1.29, 1.82) is 0 Å². The van der Waals surface area contributed by atoms with Gasteiger partial charge in [-0.05, 0) is 11.7 Å². The molecule has 0 unspecified atom stereocenters. The Labute approximate surface area is 91.6 Å². The highest BCUT2D eigenvalue weighted by Crippen LogP contribution is 2.20. The van der Waals surface area contributed by atoms with E-state index < -0.39 is 5.97 Å². The summed E-state index contributed by atoms with van der Waals surface area (Å²) in [4.78, 5) is 14.9. The lowest BCUT2D eigenvalue weighted by Crippen LogP contribution is -1.91. The number of aromatic nitrogens is 1. The monoisotopic (exact) mass is 231 g/mol. The highest BCUT2D eigenvalue weighted by Gasteiger charge is 2.08. The average Bonchev–Trinajstić information content (AvgIpc) is 2.52. The minimum atomic E-state index is -0.886. The number of hydrogen-bond acceptors (Lipinski definition) is 4. The average molecular weight is 231 g/mol. The van der Waals surface area contributed by atoms with Crippen LogP contribution < -0.4 is 0 Å². The maximum absolute atomic E-state index is 10.6. The molecule has 0 aromatic carbocycles. The van der Waals surface area contributed by atoms with Crippen LogP contribution >= 0.6 is 23.1 Å². The maximum Gasteiger partial charge on any atom is 0.347 e. The molecule has 1 heterocycles. The third-order valence-corrected chi connectivity index (χ3v) is 3.99. The summed E-state index contributed by atoms with van der Waals surface area (Å²) < 4.78 is 0. The Morgan fingerprint density at radius 3 is 2.93 bits per heavy atom. The van der Waals surface area contributed by atoms with Crippen LogP contribution in [0.1, 0.15) is 28.5 Å². The van der Waals surface area contributed by atoms with Crippen LogP contribution in [-0.4, -0.2) is 21.8 Å². The largest absolute Gasteiger partial charge is 0.477 e. The molecule has 1 aromatic heterocycles. The summed E-state index contributed by atoms with van der Waals surface area (Å²) >= 11 is 3.06. The molecular weight excluding hydrogens is 218 g/mol. The molecule has 1 N–H and O–H groups in total. The van der Waals surface area contributed by atoms with Gasteiger partial charge in [0.25, 0.3) is 0 Å². The normalized spacial score (nSPS) is 10.8. The Balaban J connectivity index is 2.40. The molecule has 14 heavy (non-hydrogen) atoms. The number of thioether (sulfide) groups is 1. The second-order valence-corrected chi connectivity index (χ2v) is 5.48. The number of rotatable bonds is 5. The molecule has 0 aliphatic rings. The number of hydrogen-bond donors (Lipinski definition) is 1. The van der Waals surface area contributed by atoms with Gasteiger partial charge in [0.15, 0.2) is 0 Å². The zero-order chi connectivity index (χ0) is 10.6. The van der Waals surface area contributed by atoms with Crippen molar-refractivity contribution in [2.45, 2.75) is 19.6 Å². The van der Waals surface area contributed by atoms with Crippen molar-refractivity contribution < 1.29 is 9.90 Å². The standard InChI is InChI=1S/C9H13NO2S2/c1-6(2)4-13-5-8-10-3-7(14-8)9(11)12/h3,6H,4-5H2,1-2H3,(H,11,12). The highest BCUT2D eigenvalue weighted by molar-refractivity contribution is 7.98. The third-order valence-electron chi connectivity index (χ3n) is 1.44. The number of carboxylic acids is 1. The van der Waals surface area contributed by atoms with Crippen LogP contribution in [0.4, 0.5) is 0 Å². The molecule has 0 saturated carbocycles. The predicted octanol–water partition coefficient (Wildman–Crippen LogP) is 2.73. The van der Waals surface area contributed by atoms with E-state index in [0.717, 1.165) is 16.5 Å². The fraction of sp³-hybridized carbons (Fsp3) is 0.556. The van der Waals surface area contributed by atoms with E-state index >= 15 is 0 Å². The summed E-state index contributed by atoms with van der Waals surface area (Å²) in [5, 5.41) is 9.57. The molecule has 1 aromatic rings.